The Labute approximate surface area is 145 Å². The van der Waals surface area contributed by atoms with E-state index in [0.29, 0.717) is 17.2 Å². The number of hydrogen-bond donors (Lipinski definition) is 0. The van der Waals surface area contributed by atoms with Crippen molar-refractivity contribution >= 4 is 17.5 Å². The Balaban J connectivity index is 2.13. The van der Waals surface area contributed by atoms with Gasteiger partial charge in [0.05, 0.1) is 18.8 Å². The molecule has 0 fully saturated rings. The van der Waals surface area contributed by atoms with Gasteiger partial charge in [-0.05, 0) is 37.3 Å². The van der Waals surface area contributed by atoms with Gasteiger partial charge >= 0.3 is 0 Å². The highest BCUT2D eigenvalue weighted by Crippen LogP contribution is 2.20. The van der Waals surface area contributed by atoms with E-state index in [2.05, 4.69) is 10.1 Å². The van der Waals surface area contributed by atoms with Gasteiger partial charge in [0.25, 0.3) is 0 Å². The topological polar surface area (TPSA) is 79.5 Å². The summed E-state index contributed by atoms with van der Waals surface area (Å²) < 4.78 is 6.66. The quantitative estimate of drug-likeness (QED) is 0.541. The van der Waals surface area contributed by atoms with Crippen LogP contribution in [0.3, 0.4) is 0 Å². The zero-order valence-electron chi connectivity index (χ0n) is 13.8. The van der Waals surface area contributed by atoms with Crippen molar-refractivity contribution in [3.05, 3.63) is 77.6 Å². The van der Waals surface area contributed by atoms with Gasteiger partial charge in [0.2, 0.25) is 0 Å². The molecule has 0 aliphatic rings. The molecule has 25 heavy (non-hydrogen) atoms. The predicted molar refractivity (Wildman–Crippen MR) is 92.3 cm³/mol. The Kier molecular flexibility index (Phi) is 4.61. The summed E-state index contributed by atoms with van der Waals surface area (Å²) in [6.45, 7) is 1.77. The number of aromatic nitrogens is 2. The Morgan fingerprint density at radius 1 is 1.12 bits per heavy atom. The Bertz CT molecular complexity index is 913. The van der Waals surface area contributed by atoms with Crippen molar-refractivity contribution in [2.24, 2.45) is 4.99 Å². The summed E-state index contributed by atoms with van der Waals surface area (Å²) in [5, 5.41) is 15.2. The van der Waals surface area contributed by atoms with Gasteiger partial charge in [-0.15, -0.1) is 0 Å². The number of methoxy groups -OCH3 is 1. The number of aryl methyl sites for hydroxylation is 1. The molecule has 0 bridgehead atoms. The van der Waals surface area contributed by atoms with Crippen LogP contribution >= 0.6 is 0 Å². The molecule has 3 aromatic rings. The summed E-state index contributed by atoms with van der Waals surface area (Å²) in [6.07, 6.45) is 0. The van der Waals surface area contributed by atoms with Crippen LogP contribution in [0.5, 0.6) is 5.75 Å². The highest BCUT2D eigenvalue weighted by atomic mass is 16.5. The molecule has 2 aromatic carbocycles. The molecule has 6 heteroatoms. The van der Waals surface area contributed by atoms with Gasteiger partial charge in [-0.3, -0.25) is 0 Å². The summed E-state index contributed by atoms with van der Waals surface area (Å²) in [5.41, 5.74) is 2.03. The van der Waals surface area contributed by atoms with E-state index in [-0.39, 0.29) is 5.69 Å². The fraction of sp³-hybridized carbons (Fsp3) is 0.105. The van der Waals surface area contributed by atoms with Gasteiger partial charge in [-0.2, -0.15) is 5.10 Å². The van der Waals surface area contributed by atoms with E-state index in [1.165, 1.54) is 10.7 Å². The van der Waals surface area contributed by atoms with Gasteiger partial charge < -0.3 is 14.6 Å². The third-order valence-corrected chi connectivity index (χ3v) is 3.64. The second-order valence-electron chi connectivity index (χ2n) is 5.37. The normalized spacial score (nSPS) is 11.4. The molecule has 0 aliphatic carbocycles. The lowest BCUT2D eigenvalue weighted by atomic mass is 10.2. The minimum Gasteiger partial charge on any atom is -0.543 e. The average molecular weight is 334 g/mol. The van der Waals surface area contributed by atoms with Gasteiger partial charge in [0, 0.05) is 11.3 Å². The van der Waals surface area contributed by atoms with Crippen LogP contribution in [0.4, 0.5) is 5.69 Å². The third-order valence-electron chi connectivity index (χ3n) is 3.64. The number of benzene rings is 2. The number of nitrogens with zero attached hydrogens (tertiary/aromatic N) is 3. The number of carboxylic acid groups (broad SMARTS) is 1. The van der Waals surface area contributed by atoms with Crippen LogP contribution in [0.2, 0.25) is 0 Å². The number of carbonyl (C=O) groups excluding carboxylic acids is 1. The largest absolute Gasteiger partial charge is 0.543 e. The first-order chi connectivity index (χ1) is 12.1. The molecule has 0 saturated heterocycles. The number of aromatic carboxylic acids is 1. The smallest absolute Gasteiger partial charge is 0.161 e. The third kappa shape index (κ3) is 3.58. The summed E-state index contributed by atoms with van der Waals surface area (Å²) in [5.74, 6) is -0.0656. The van der Waals surface area contributed by atoms with Gasteiger partial charge in [-0.25, -0.2) is 9.67 Å². The summed E-state index contributed by atoms with van der Waals surface area (Å²) in [4.78, 5) is 15.8. The molecule has 1 heterocycles. The van der Waals surface area contributed by atoms with Crippen molar-refractivity contribution in [2.45, 2.75) is 6.92 Å². The first kappa shape index (κ1) is 16.4. The summed E-state index contributed by atoms with van der Waals surface area (Å²) in [7, 11) is 1.60. The van der Waals surface area contributed by atoms with Crippen molar-refractivity contribution in [1.29, 1.82) is 0 Å². The lowest BCUT2D eigenvalue weighted by molar-refractivity contribution is -0.255. The zero-order chi connectivity index (χ0) is 17.8. The van der Waals surface area contributed by atoms with Crippen LogP contribution in [-0.2, 0) is 0 Å². The minimum absolute atomic E-state index is 0.129. The van der Waals surface area contributed by atoms with Crippen LogP contribution in [0.1, 0.15) is 21.7 Å². The lowest BCUT2D eigenvalue weighted by Gasteiger charge is -2.10. The molecular weight excluding hydrogens is 318 g/mol. The molecule has 0 atom stereocenters. The van der Waals surface area contributed by atoms with E-state index in [4.69, 9.17) is 4.74 Å². The maximum Gasteiger partial charge on any atom is 0.161 e. The van der Waals surface area contributed by atoms with Crippen LogP contribution in [0.15, 0.2) is 65.7 Å². The van der Waals surface area contributed by atoms with Crippen LogP contribution < -0.4 is 9.84 Å². The highest BCUT2D eigenvalue weighted by molar-refractivity contribution is 6.02. The molecule has 0 saturated carbocycles. The summed E-state index contributed by atoms with van der Waals surface area (Å²) in [6, 6.07) is 18.2. The number of aliphatic imine (C=N–C) groups is 1. The van der Waals surface area contributed by atoms with Crippen LogP contribution in [0, 0.1) is 6.92 Å². The van der Waals surface area contributed by atoms with Crippen molar-refractivity contribution < 1.29 is 14.6 Å². The van der Waals surface area contributed by atoms with E-state index in [9.17, 15) is 9.90 Å². The molecule has 6 nitrogen and oxygen atoms in total. The Morgan fingerprint density at radius 3 is 2.36 bits per heavy atom. The Hall–Kier alpha value is -3.41. The Morgan fingerprint density at radius 2 is 1.80 bits per heavy atom. The number of rotatable bonds is 4. The molecular formula is C19H16N3O3-. The second-order valence-corrected chi connectivity index (χ2v) is 5.37. The number of ether oxygens (including phenoxy) is 1. The van der Waals surface area contributed by atoms with Crippen LogP contribution in [0.25, 0.3) is 0 Å². The molecule has 0 N–H and O–H groups in total. The van der Waals surface area contributed by atoms with E-state index in [0.717, 1.165) is 11.3 Å². The standard InChI is InChI=1S/C19H17N3O3/c1-13-12-17(19(23)24)21-22(13)18(14-6-4-3-5-7-14)20-15-8-10-16(25-2)11-9-15/h3-12H,1-2H3,(H,23,24)/p-1. The van der Waals surface area contributed by atoms with E-state index < -0.39 is 5.97 Å². The molecule has 0 amide bonds. The van der Waals surface area contributed by atoms with E-state index in [1.54, 1.807) is 14.0 Å². The molecule has 0 radical (unpaired) electrons. The van der Waals surface area contributed by atoms with Crippen molar-refractivity contribution in [1.82, 2.24) is 9.78 Å². The van der Waals surface area contributed by atoms with Crippen molar-refractivity contribution in [3.8, 4) is 5.75 Å². The van der Waals surface area contributed by atoms with Crippen molar-refractivity contribution in [3.63, 3.8) is 0 Å². The van der Waals surface area contributed by atoms with E-state index in [1.807, 2.05) is 54.6 Å². The monoisotopic (exact) mass is 334 g/mol. The number of carboxylic acids is 1. The van der Waals surface area contributed by atoms with Gasteiger partial charge in [-0.1, -0.05) is 30.3 Å². The lowest BCUT2D eigenvalue weighted by Crippen LogP contribution is -2.24. The van der Waals surface area contributed by atoms with Gasteiger partial charge in [0.1, 0.15) is 11.4 Å². The van der Waals surface area contributed by atoms with Gasteiger partial charge in [0.15, 0.2) is 5.84 Å². The molecule has 0 unspecified atom stereocenters. The molecule has 0 aliphatic heterocycles. The average Bonchev–Trinajstić information content (AvgIpc) is 3.03. The second kappa shape index (κ2) is 7.00. The number of hydrogen-bond acceptors (Lipinski definition) is 5. The maximum atomic E-state index is 11.1. The van der Waals surface area contributed by atoms with Crippen molar-refractivity contribution in [2.75, 3.05) is 7.11 Å². The highest BCUT2D eigenvalue weighted by Gasteiger charge is 2.13. The fourth-order valence-electron chi connectivity index (χ4n) is 2.39. The first-order valence-corrected chi connectivity index (χ1v) is 7.65. The fourth-order valence-corrected chi connectivity index (χ4v) is 2.39. The molecule has 126 valence electrons. The predicted octanol–water partition coefficient (Wildman–Crippen LogP) is 2.19. The minimum atomic E-state index is -1.32. The SMILES string of the molecule is COc1ccc(N=C(c2ccccc2)n2nc(C(=O)[O-])cc2C)cc1. The van der Waals surface area contributed by atoms with Crippen LogP contribution in [-0.4, -0.2) is 28.7 Å². The number of carbonyl (C=O) groups is 1. The van der Waals surface area contributed by atoms with E-state index >= 15 is 0 Å². The summed E-state index contributed by atoms with van der Waals surface area (Å²) >= 11 is 0. The first-order valence-electron chi connectivity index (χ1n) is 7.65. The zero-order valence-corrected chi connectivity index (χ0v) is 13.8. The molecule has 0 spiro atoms. The molecule has 3 rings (SSSR count). The molecule has 1 aromatic heterocycles. The maximum absolute atomic E-state index is 11.1.